The van der Waals surface area contributed by atoms with Gasteiger partial charge in [-0.25, -0.2) is 4.98 Å². The Hall–Kier alpha value is -1.43. The lowest BCUT2D eigenvalue weighted by Gasteiger charge is -2.20. The Morgan fingerprint density at radius 1 is 1.33 bits per heavy atom. The average molecular weight is 357 g/mol. The van der Waals surface area contributed by atoms with E-state index >= 15 is 0 Å². The van der Waals surface area contributed by atoms with E-state index in [0.717, 1.165) is 6.42 Å². The van der Waals surface area contributed by atoms with Gasteiger partial charge in [0.2, 0.25) is 0 Å². The van der Waals surface area contributed by atoms with Crippen LogP contribution in [0.25, 0.3) is 0 Å². The number of aliphatic carboxylic acids is 1. The predicted octanol–water partition coefficient (Wildman–Crippen LogP) is 3.10. The van der Waals surface area contributed by atoms with Gasteiger partial charge < -0.3 is 10.4 Å². The van der Waals surface area contributed by atoms with Gasteiger partial charge in [-0.05, 0) is 52.7 Å². The quantitative estimate of drug-likeness (QED) is 0.701. The highest BCUT2D eigenvalue weighted by atomic mass is 79.9. The summed E-state index contributed by atoms with van der Waals surface area (Å²) in [5.74, 6) is -0.304. The fraction of sp³-hybridized carbons (Fsp3) is 0.533. The van der Waals surface area contributed by atoms with Gasteiger partial charge in [-0.3, -0.25) is 9.59 Å². The number of amides is 1. The summed E-state index contributed by atoms with van der Waals surface area (Å²) >= 11 is 3.23. The van der Waals surface area contributed by atoms with Crippen LogP contribution in [0.4, 0.5) is 0 Å². The van der Waals surface area contributed by atoms with Gasteiger partial charge in [0, 0.05) is 13.0 Å². The van der Waals surface area contributed by atoms with Crippen LogP contribution in [-0.4, -0.2) is 28.5 Å². The number of hydrogen-bond donors (Lipinski definition) is 2. The first-order valence-electron chi connectivity index (χ1n) is 7.02. The lowest BCUT2D eigenvalue weighted by Crippen LogP contribution is -2.27. The summed E-state index contributed by atoms with van der Waals surface area (Å²) in [5, 5.41) is 11.6. The number of hydrogen-bond acceptors (Lipinski definition) is 3. The first-order valence-corrected chi connectivity index (χ1v) is 7.82. The Labute approximate surface area is 133 Å². The lowest BCUT2D eigenvalue weighted by molar-refractivity contribution is -0.137. The van der Waals surface area contributed by atoms with Crippen molar-refractivity contribution in [3.63, 3.8) is 0 Å². The molecule has 116 valence electrons. The first kappa shape index (κ1) is 17.6. The van der Waals surface area contributed by atoms with E-state index < -0.39 is 5.97 Å². The van der Waals surface area contributed by atoms with E-state index in [1.807, 2.05) is 0 Å². The number of pyridine rings is 1. The zero-order valence-electron chi connectivity index (χ0n) is 12.3. The molecule has 1 rings (SSSR count). The van der Waals surface area contributed by atoms with Crippen molar-refractivity contribution in [1.82, 2.24) is 10.3 Å². The van der Waals surface area contributed by atoms with E-state index in [2.05, 4.69) is 40.1 Å². The summed E-state index contributed by atoms with van der Waals surface area (Å²) in [7, 11) is 0. The molecule has 1 atom stereocenters. The molecule has 1 aromatic heterocycles. The fourth-order valence-electron chi connectivity index (χ4n) is 2.12. The molecule has 0 saturated carbocycles. The number of nitrogens with zero attached hydrogens (tertiary/aromatic N) is 1. The number of carboxylic acid groups (broad SMARTS) is 1. The van der Waals surface area contributed by atoms with Crippen LogP contribution in [0.2, 0.25) is 0 Å². The molecule has 21 heavy (non-hydrogen) atoms. The van der Waals surface area contributed by atoms with E-state index in [1.54, 1.807) is 18.2 Å². The first-order chi connectivity index (χ1) is 9.90. The van der Waals surface area contributed by atoms with Gasteiger partial charge in [0.1, 0.15) is 10.3 Å². The molecule has 1 heterocycles. The molecule has 1 amide bonds. The van der Waals surface area contributed by atoms with Crippen LogP contribution in [0.3, 0.4) is 0 Å². The summed E-state index contributed by atoms with van der Waals surface area (Å²) in [6.07, 6.45) is 1.58. The maximum atomic E-state index is 11.9. The molecule has 0 aliphatic carbocycles. The highest BCUT2D eigenvalue weighted by Crippen LogP contribution is 2.20. The Balaban J connectivity index is 2.43. The number of rotatable bonds is 8. The molecule has 1 unspecified atom stereocenters. The second-order valence-electron chi connectivity index (χ2n) is 5.33. The smallest absolute Gasteiger partial charge is 0.303 e. The highest BCUT2D eigenvalue weighted by Gasteiger charge is 2.15. The van der Waals surface area contributed by atoms with Gasteiger partial charge in [-0.1, -0.05) is 19.9 Å². The van der Waals surface area contributed by atoms with Crippen LogP contribution >= 0.6 is 15.9 Å². The minimum atomic E-state index is -0.775. The van der Waals surface area contributed by atoms with Crippen molar-refractivity contribution in [3.8, 4) is 0 Å². The number of carboxylic acids is 1. The minimum absolute atomic E-state index is 0.171. The maximum absolute atomic E-state index is 11.9. The number of carbonyl (C=O) groups excluding carboxylic acids is 1. The molecule has 0 aliphatic heterocycles. The van der Waals surface area contributed by atoms with E-state index in [-0.39, 0.29) is 18.2 Å². The van der Waals surface area contributed by atoms with Gasteiger partial charge in [-0.15, -0.1) is 0 Å². The van der Waals surface area contributed by atoms with E-state index in [4.69, 9.17) is 5.11 Å². The minimum Gasteiger partial charge on any atom is -0.481 e. The number of carbonyl (C=O) groups is 2. The van der Waals surface area contributed by atoms with Gasteiger partial charge >= 0.3 is 5.97 Å². The van der Waals surface area contributed by atoms with Crippen molar-refractivity contribution < 1.29 is 14.7 Å². The number of halogens is 1. The zero-order chi connectivity index (χ0) is 15.8. The van der Waals surface area contributed by atoms with Crippen LogP contribution in [0, 0.1) is 11.8 Å². The Kier molecular flexibility index (Phi) is 7.36. The Morgan fingerprint density at radius 2 is 2.05 bits per heavy atom. The molecule has 0 aliphatic rings. The van der Waals surface area contributed by atoms with Crippen molar-refractivity contribution in [1.29, 1.82) is 0 Å². The normalized spacial score (nSPS) is 12.2. The molecule has 6 heteroatoms. The summed E-state index contributed by atoms with van der Waals surface area (Å²) in [6, 6.07) is 5.18. The van der Waals surface area contributed by atoms with Crippen molar-refractivity contribution in [3.05, 3.63) is 28.5 Å². The van der Waals surface area contributed by atoms with Crippen LogP contribution in [0.5, 0.6) is 0 Å². The third-order valence-corrected chi connectivity index (χ3v) is 3.86. The third kappa shape index (κ3) is 6.71. The standard InChI is InChI=1S/C15H21BrN2O3/c1-10(2)11(6-7-14(19)20)8-9-17-15(21)12-4-3-5-13(16)18-12/h3-5,10-11H,6-9H2,1-2H3,(H,17,21)(H,19,20). The van der Waals surface area contributed by atoms with Crippen LogP contribution in [0.1, 0.15) is 43.6 Å². The summed E-state index contributed by atoms with van der Waals surface area (Å²) in [4.78, 5) is 26.7. The number of nitrogens with one attached hydrogen (secondary N) is 1. The predicted molar refractivity (Wildman–Crippen MR) is 84.1 cm³/mol. The molecule has 0 saturated heterocycles. The van der Waals surface area contributed by atoms with Gasteiger partial charge in [-0.2, -0.15) is 0 Å². The van der Waals surface area contributed by atoms with Crippen LogP contribution in [-0.2, 0) is 4.79 Å². The average Bonchev–Trinajstić information content (AvgIpc) is 2.41. The molecule has 0 radical (unpaired) electrons. The second kappa shape index (κ2) is 8.77. The largest absolute Gasteiger partial charge is 0.481 e. The molecular formula is C15H21BrN2O3. The molecule has 2 N–H and O–H groups in total. The van der Waals surface area contributed by atoms with Gasteiger partial charge in [0.25, 0.3) is 5.91 Å². The van der Waals surface area contributed by atoms with Crippen molar-refractivity contribution in [2.45, 2.75) is 33.1 Å². The van der Waals surface area contributed by atoms with Gasteiger partial charge in [0.15, 0.2) is 0 Å². The molecule has 0 fully saturated rings. The molecular weight excluding hydrogens is 336 g/mol. The number of aromatic nitrogens is 1. The van der Waals surface area contributed by atoms with Crippen molar-refractivity contribution in [2.75, 3.05) is 6.54 Å². The fourth-order valence-corrected chi connectivity index (χ4v) is 2.46. The van der Waals surface area contributed by atoms with E-state index in [1.165, 1.54) is 0 Å². The molecule has 5 nitrogen and oxygen atoms in total. The summed E-state index contributed by atoms with van der Waals surface area (Å²) < 4.78 is 0.622. The monoisotopic (exact) mass is 356 g/mol. The zero-order valence-corrected chi connectivity index (χ0v) is 13.9. The molecule has 0 bridgehead atoms. The second-order valence-corrected chi connectivity index (χ2v) is 6.14. The van der Waals surface area contributed by atoms with E-state index in [0.29, 0.717) is 29.2 Å². The lowest BCUT2D eigenvalue weighted by atomic mass is 9.88. The maximum Gasteiger partial charge on any atom is 0.303 e. The van der Waals surface area contributed by atoms with Crippen molar-refractivity contribution >= 4 is 27.8 Å². The topological polar surface area (TPSA) is 79.3 Å². The van der Waals surface area contributed by atoms with Gasteiger partial charge in [0.05, 0.1) is 0 Å². The van der Waals surface area contributed by atoms with Crippen LogP contribution in [0.15, 0.2) is 22.8 Å². The third-order valence-electron chi connectivity index (χ3n) is 3.42. The molecule has 0 aromatic carbocycles. The molecule has 1 aromatic rings. The summed E-state index contributed by atoms with van der Waals surface area (Å²) in [5.41, 5.74) is 0.371. The van der Waals surface area contributed by atoms with E-state index in [9.17, 15) is 9.59 Å². The van der Waals surface area contributed by atoms with Crippen molar-refractivity contribution in [2.24, 2.45) is 11.8 Å². The SMILES string of the molecule is CC(C)C(CCNC(=O)c1cccc(Br)n1)CCC(=O)O. The highest BCUT2D eigenvalue weighted by molar-refractivity contribution is 9.10. The Morgan fingerprint density at radius 3 is 2.62 bits per heavy atom. The summed E-state index contributed by atoms with van der Waals surface area (Å²) in [6.45, 7) is 4.67. The Bertz CT molecular complexity index is 492. The van der Waals surface area contributed by atoms with Crippen LogP contribution < -0.4 is 5.32 Å². The molecule has 0 spiro atoms.